The highest BCUT2D eigenvalue weighted by Crippen LogP contribution is 2.26. The first-order valence-electron chi connectivity index (χ1n) is 8.59. The summed E-state index contributed by atoms with van der Waals surface area (Å²) in [5.74, 6) is 0.0266. The van der Waals surface area contributed by atoms with Gasteiger partial charge in [-0.1, -0.05) is 29.3 Å². The van der Waals surface area contributed by atoms with Crippen LogP contribution in [-0.4, -0.2) is 25.3 Å². The van der Waals surface area contributed by atoms with Crippen LogP contribution in [0.3, 0.4) is 0 Å². The molecule has 0 bridgehead atoms. The van der Waals surface area contributed by atoms with E-state index >= 15 is 0 Å². The molecule has 1 aliphatic heterocycles. The van der Waals surface area contributed by atoms with Gasteiger partial charge in [0.1, 0.15) is 6.29 Å². The number of hydrogen-bond acceptors (Lipinski definition) is 3. The summed E-state index contributed by atoms with van der Waals surface area (Å²) in [4.78, 5) is 25.4. The van der Waals surface area contributed by atoms with Crippen molar-refractivity contribution in [3.8, 4) is 0 Å². The first kappa shape index (κ1) is 18.7. The minimum atomic E-state index is -0.0123. The minimum Gasteiger partial charge on any atom is -0.371 e. The van der Waals surface area contributed by atoms with Crippen LogP contribution in [0.4, 0.5) is 5.69 Å². The molecular formula is C20H20Cl2N2O2. The van der Waals surface area contributed by atoms with Crippen LogP contribution >= 0.6 is 23.2 Å². The van der Waals surface area contributed by atoms with Crippen LogP contribution in [0.5, 0.6) is 0 Å². The molecule has 0 aliphatic carbocycles. The van der Waals surface area contributed by atoms with Gasteiger partial charge in [0.05, 0.1) is 0 Å². The van der Waals surface area contributed by atoms with E-state index < -0.39 is 0 Å². The van der Waals surface area contributed by atoms with E-state index in [9.17, 15) is 9.59 Å². The van der Waals surface area contributed by atoms with Gasteiger partial charge in [0.15, 0.2) is 0 Å². The highest BCUT2D eigenvalue weighted by Gasteiger charge is 2.25. The number of benzene rings is 2. The van der Waals surface area contributed by atoms with Crippen molar-refractivity contribution in [1.29, 1.82) is 0 Å². The smallest absolute Gasteiger partial charge is 0.223 e. The molecular weight excluding hydrogens is 371 g/mol. The normalized spacial score (nSPS) is 14.9. The Balaban J connectivity index is 1.52. The van der Waals surface area contributed by atoms with Gasteiger partial charge in [0.25, 0.3) is 0 Å². The summed E-state index contributed by atoms with van der Waals surface area (Å²) in [5.41, 5.74) is 2.50. The summed E-state index contributed by atoms with van der Waals surface area (Å²) < 4.78 is 0. The number of halogens is 2. The lowest BCUT2D eigenvalue weighted by Gasteiger charge is -2.33. The third-order valence-electron chi connectivity index (χ3n) is 4.76. The number of piperidine rings is 1. The Morgan fingerprint density at radius 2 is 1.69 bits per heavy atom. The second-order valence-corrected chi connectivity index (χ2v) is 7.20. The topological polar surface area (TPSA) is 49.4 Å². The number of nitrogens with zero attached hydrogens (tertiary/aromatic N) is 1. The molecule has 4 nitrogen and oxygen atoms in total. The monoisotopic (exact) mass is 390 g/mol. The van der Waals surface area contributed by atoms with Crippen LogP contribution in [0, 0.1) is 5.92 Å². The molecule has 0 unspecified atom stereocenters. The lowest BCUT2D eigenvalue weighted by atomic mass is 9.95. The van der Waals surface area contributed by atoms with E-state index in [2.05, 4.69) is 10.2 Å². The number of hydrogen-bond donors (Lipinski definition) is 1. The second-order valence-electron chi connectivity index (χ2n) is 6.39. The summed E-state index contributed by atoms with van der Waals surface area (Å²) in [6, 6.07) is 12.8. The van der Waals surface area contributed by atoms with Gasteiger partial charge < -0.3 is 10.2 Å². The van der Waals surface area contributed by atoms with E-state index in [4.69, 9.17) is 23.2 Å². The molecule has 1 aliphatic rings. The molecule has 6 heteroatoms. The van der Waals surface area contributed by atoms with Crippen LogP contribution in [0.25, 0.3) is 0 Å². The maximum absolute atomic E-state index is 12.5. The molecule has 2 aromatic carbocycles. The number of carbonyl (C=O) groups excluding carboxylic acids is 2. The standard InChI is InChI=1S/C20H20Cl2N2O2/c21-18-2-1-3-19(22)17(18)12-23-20(26)15-8-10-24(11-9-15)16-6-4-14(13-25)5-7-16/h1-7,13,15H,8-12H2,(H,23,26). The highest BCUT2D eigenvalue weighted by molar-refractivity contribution is 6.36. The van der Waals surface area contributed by atoms with E-state index in [0.29, 0.717) is 22.2 Å². The molecule has 0 spiro atoms. The number of nitrogens with one attached hydrogen (secondary N) is 1. The van der Waals surface area contributed by atoms with Gasteiger partial charge in [-0.05, 0) is 49.2 Å². The zero-order valence-corrected chi connectivity index (χ0v) is 15.8. The predicted octanol–water partition coefficient (Wildman–Crippen LogP) is 4.34. The predicted molar refractivity (Wildman–Crippen MR) is 105 cm³/mol. The van der Waals surface area contributed by atoms with Crippen LogP contribution in [0.15, 0.2) is 42.5 Å². The van der Waals surface area contributed by atoms with Gasteiger partial charge in [0.2, 0.25) is 5.91 Å². The zero-order chi connectivity index (χ0) is 18.5. The van der Waals surface area contributed by atoms with Gasteiger partial charge in [-0.2, -0.15) is 0 Å². The Morgan fingerprint density at radius 3 is 2.27 bits per heavy atom. The number of carbonyl (C=O) groups is 2. The van der Waals surface area contributed by atoms with E-state index in [1.165, 1.54) is 0 Å². The Labute approximate surface area is 163 Å². The van der Waals surface area contributed by atoms with Gasteiger partial charge in [-0.3, -0.25) is 9.59 Å². The van der Waals surface area contributed by atoms with Crippen molar-refractivity contribution in [1.82, 2.24) is 5.32 Å². The molecule has 0 saturated carbocycles. The zero-order valence-electron chi connectivity index (χ0n) is 14.3. The molecule has 2 aromatic rings. The quantitative estimate of drug-likeness (QED) is 0.772. The van der Waals surface area contributed by atoms with E-state index in [-0.39, 0.29) is 11.8 Å². The highest BCUT2D eigenvalue weighted by atomic mass is 35.5. The number of aldehydes is 1. The number of amides is 1. The molecule has 1 amide bonds. The molecule has 3 rings (SSSR count). The SMILES string of the molecule is O=Cc1ccc(N2CCC(C(=O)NCc3c(Cl)cccc3Cl)CC2)cc1. The lowest BCUT2D eigenvalue weighted by Crippen LogP contribution is -2.40. The summed E-state index contributed by atoms with van der Waals surface area (Å²) in [7, 11) is 0. The molecule has 136 valence electrons. The minimum absolute atomic E-state index is 0.0123. The summed E-state index contributed by atoms with van der Waals surface area (Å²) in [6.45, 7) is 1.96. The maximum atomic E-state index is 12.5. The van der Waals surface area contributed by atoms with E-state index in [0.717, 1.165) is 43.5 Å². The Kier molecular flexibility index (Phi) is 6.17. The molecule has 1 N–H and O–H groups in total. The molecule has 26 heavy (non-hydrogen) atoms. The Hall–Kier alpha value is -2.04. The largest absolute Gasteiger partial charge is 0.371 e. The number of anilines is 1. The van der Waals surface area contributed by atoms with Crippen molar-refractivity contribution in [3.63, 3.8) is 0 Å². The van der Waals surface area contributed by atoms with Crippen molar-refractivity contribution in [2.45, 2.75) is 19.4 Å². The van der Waals surface area contributed by atoms with Crippen LogP contribution < -0.4 is 10.2 Å². The third kappa shape index (κ3) is 4.37. The van der Waals surface area contributed by atoms with Crippen LogP contribution in [0.2, 0.25) is 10.0 Å². The van der Waals surface area contributed by atoms with Crippen molar-refractivity contribution in [3.05, 3.63) is 63.6 Å². The summed E-state index contributed by atoms with van der Waals surface area (Å²) >= 11 is 12.3. The third-order valence-corrected chi connectivity index (χ3v) is 5.47. The molecule has 0 aromatic heterocycles. The lowest BCUT2D eigenvalue weighted by molar-refractivity contribution is -0.125. The first-order valence-corrected chi connectivity index (χ1v) is 9.35. The van der Waals surface area contributed by atoms with Crippen molar-refractivity contribution in [2.24, 2.45) is 5.92 Å². The van der Waals surface area contributed by atoms with E-state index in [1.807, 2.05) is 24.3 Å². The van der Waals surface area contributed by atoms with Crippen molar-refractivity contribution < 1.29 is 9.59 Å². The Morgan fingerprint density at radius 1 is 1.08 bits per heavy atom. The van der Waals surface area contributed by atoms with Crippen molar-refractivity contribution >= 4 is 41.1 Å². The average Bonchev–Trinajstić information content (AvgIpc) is 2.67. The second kappa shape index (κ2) is 8.56. The van der Waals surface area contributed by atoms with Crippen LogP contribution in [-0.2, 0) is 11.3 Å². The van der Waals surface area contributed by atoms with Gasteiger partial charge in [-0.15, -0.1) is 0 Å². The number of rotatable bonds is 5. The fourth-order valence-electron chi connectivity index (χ4n) is 3.18. The fraction of sp³-hybridized carbons (Fsp3) is 0.300. The summed E-state index contributed by atoms with van der Waals surface area (Å²) in [6.07, 6.45) is 2.42. The average molecular weight is 391 g/mol. The molecule has 0 atom stereocenters. The van der Waals surface area contributed by atoms with E-state index in [1.54, 1.807) is 18.2 Å². The van der Waals surface area contributed by atoms with Crippen LogP contribution in [0.1, 0.15) is 28.8 Å². The van der Waals surface area contributed by atoms with Gasteiger partial charge in [-0.25, -0.2) is 0 Å². The molecule has 1 heterocycles. The summed E-state index contributed by atoms with van der Waals surface area (Å²) in [5, 5.41) is 4.08. The van der Waals surface area contributed by atoms with Gasteiger partial charge in [0, 0.05) is 52.4 Å². The molecule has 0 radical (unpaired) electrons. The first-order chi connectivity index (χ1) is 12.6. The molecule has 1 saturated heterocycles. The Bertz CT molecular complexity index is 765. The fourth-order valence-corrected chi connectivity index (χ4v) is 3.72. The maximum Gasteiger partial charge on any atom is 0.223 e. The van der Waals surface area contributed by atoms with Gasteiger partial charge >= 0.3 is 0 Å². The molecule has 1 fully saturated rings. The van der Waals surface area contributed by atoms with Crippen molar-refractivity contribution in [2.75, 3.05) is 18.0 Å².